The molecule has 2 aromatic carbocycles. The summed E-state index contributed by atoms with van der Waals surface area (Å²) >= 11 is 0. The van der Waals surface area contributed by atoms with E-state index in [1.807, 2.05) is 50.6 Å². The molecule has 0 unspecified atom stereocenters. The predicted octanol–water partition coefficient (Wildman–Crippen LogP) is 3.29. The van der Waals surface area contributed by atoms with E-state index in [2.05, 4.69) is 60.0 Å². The number of hydrogen-bond acceptors (Lipinski definition) is 8. The topological polar surface area (TPSA) is 80.9 Å². The van der Waals surface area contributed by atoms with Crippen LogP contribution in [0, 0.1) is 0 Å². The molecule has 180 valence electrons. The Balaban J connectivity index is 1.37. The number of hydrazone groups is 1. The molecule has 5 rings (SSSR count). The molecule has 0 radical (unpaired) electrons. The molecule has 1 aliphatic rings. The Labute approximate surface area is 204 Å². The normalized spacial score (nSPS) is 14.1. The van der Waals surface area contributed by atoms with Gasteiger partial charge in [-0.15, -0.1) is 0 Å². The second-order valence-corrected chi connectivity index (χ2v) is 8.38. The molecular weight excluding hydrogens is 442 g/mol. The van der Waals surface area contributed by atoms with Crippen LogP contribution in [0.3, 0.4) is 0 Å². The van der Waals surface area contributed by atoms with Gasteiger partial charge in [0, 0.05) is 56.3 Å². The molecule has 0 saturated carbocycles. The Morgan fingerprint density at radius 1 is 1.03 bits per heavy atom. The van der Waals surface area contributed by atoms with Crippen molar-refractivity contribution in [3.05, 3.63) is 71.9 Å². The van der Waals surface area contributed by atoms with Crippen LogP contribution in [0.25, 0.3) is 10.9 Å². The van der Waals surface area contributed by atoms with E-state index in [-0.39, 0.29) is 0 Å². The van der Waals surface area contributed by atoms with E-state index in [9.17, 15) is 0 Å². The van der Waals surface area contributed by atoms with Crippen molar-refractivity contribution in [3.63, 3.8) is 0 Å². The number of benzene rings is 2. The number of anilines is 2. The third-order valence-corrected chi connectivity index (χ3v) is 5.94. The van der Waals surface area contributed by atoms with Crippen LogP contribution >= 0.6 is 0 Å². The summed E-state index contributed by atoms with van der Waals surface area (Å²) in [5, 5.41) is 7.42. The van der Waals surface area contributed by atoms with Gasteiger partial charge < -0.3 is 18.9 Å². The molecule has 1 fully saturated rings. The lowest BCUT2D eigenvalue weighted by Gasteiger charge is -2.27. The zero-order chi connectivity index (χ0) is 24.0. The van der Waals surface area contributed by atoms with Gasteiger partial charge >= 0.3 is 6.01 Å². The lowest BCUT2D eigenvalue weighted by molar-refractivity contribution is 0.122. The van der Waals surface area contributed by atoms with Crippen LogP contribution in [-0.4, -0.2) is 65.7 Å². The number of morpholine rings is 1. The van der Waals surface area contributed by atoms with E-state index in [4.69, 9.17) is 9.47 Å². The number of rotatable bonds is 8. The summed E-state index contributed by atoms with van der Waals surface area (Å²) in [7, 11) is 3.86. The van der Waals surface area contributed by atoms with E-state index in [0.717, 1.165) is 36.0 Å². The fourth-order valence-electron chi connectivity index (χ4n) is 4.03. The quantitative estimate of drug-likeness (QED) is 0.288. The summed E-state index contributed by atoms with van der Waals surface area (Å²) in [6.45, 7) is 3.19. The van der Waals surface area contributed by atoms with Gasteiger partial charge in [-0.25, -0.2) is 5.01 Å². The van der Waals surface area contributed by atoms with Crippen molar-refractivity contribution >= 4 is 29.0 Å². The van der Waals surface area contributed by atoms with Gasteiger partial charge in [-0.2, -0.15) is 20.1 Å². The van der Waals surface area contributed by atoms with Gasteiger partial charge in [-0.05, 0) is 11.6 Å². The van der Waals surface area contributed by atoms with Crippen molar-refractivity contribution in [2.75, 3.05) is 49.9 Å². The number of aromatic nitrogens is 4. The Kier molecular flexibility index (Phi) is 6.85. The molecule has 0 bridgehead atoms. The summed E-state index contributed by atoms with van der Waals surface area (Å²) in [5.74, 6) is 0.993. The highest BCUT2D eigenvalue weighted by atomic mass is 16.5. The molecule has 0 atom stereocenters. The zero-order valence-corrected chi connectivity index (χ0v) is 20.0. The van der Waals surface area contributed by atoms with E-state index in [1.165, 1.54) is 5.56 Å². The maximum absolute atomic E-state index is 5.95. The molecule has 35 heavy (non-hydrogen) atoms. The molecule has 3 heterocycles. The molecular formula is C26H29N7O2. The summed E-state index contributed by atoms with van der Waals surface area (Å²) in [5.41, 5.74) is 3.38. The average Bonchev–Trinajstić information content (AvgIpc) is 3.23. The number of hydrogen-bond donors (Lipinski definition) is 0. The van der Waals surface area contributed by atoms with Crippen molar-refractivity contribution in [1.29, 1.82) is 0 Å². The third-order valence-electron chi connectivity index (χ3n) is 5.94. The van der Waals surface area contributed by atoms with Gasteiger partial charge in [0.1, 0.15) is 0 Å². The molecule has 2 aromatic heterocycles. The van der Waals surface area contributed by atoms with Crippen LogP contribution in [0.2, 0.25) is 0 Å². The summed E-state index contributed by atoms with van der Waals surface area (Å²) in [4.78, 5) is 15.9. The first-order chi connectivity index (χ1) is 17.2. The summed E-state index contributed by atoms with van der Waals surface area (Å²) in [6, 6.07) is 18.8. The van der Waals surface area contributed by atoms with Gasteiger partial charge in [0.25, 0.3) is 5.95 Å². The van der Waals surface area contributed by atoms with Crippen LogP contribution in [0.1, 0.15) is 11.1 Å². The van der Waals surface area contributed by atoms with Gasteiger partial charge in [0.15, 0.2) is 0 Å². The molecule has 1 aliphatic heterocycles. The standard InChI is InChI=1S/C26H29N7O2/c1-31-19-21(22-10-6-7-11-23(22)31)18-27-32(2)24-28-25(33-13-16-34-17-14-33)30-26(29-24)35-15-12-20-8-4-3-5-9-20/h3-11,18-19H,12-17H2,1-2H3/b27-18-. The molecule has 9 nitrogen and oxygen atoms in total. The van der Waals surface area contributed by atoms with Crippen molar-refractivity contribution in [1.82, 2.24) is 19.5 Å². The first kappa shape index (κ1) is 22.8. The predicted molar refractivity (Wildman–Crippen MR) is 137 cm³/mol. The zero-order valence-electron chi connectivity index (χ0n) is 20.0. The first-order valence-electron chi connectivity index (χ1n) is 11.7. The number of ether oxygens (including phenoxy) is 2. The summed E-state index contributed by atoms with van der Waals surface area (Å²) < 4.78 is 13.5. The molecule has 4 aromatic rings. The Hall–Kier alpha value is -3.98. The molecule has 0 N–H and O–H groups in total. The maximum atomic E-state index is 5.95. The van der Waals surface area contributed by atoms with Crippen molar-refractivity contribution in [2.24, 2.45) is 12.1 Å². The fraction of sp³-hybridized carbons (Fsp3) is 0.308. The van der Waals surface area contributed by atoms with Crippen LogP contribution in [-0.2, 0) is 18.2 Å². The monoisotopic (exact) mass is 471 g/mol. The fourth-order valence-corrected chi connectivity index (χ4v) is 4.03. The average molecular weight is 472 g/mol. The Morgan fingerprint density at radius 3 is 2.63 bits per heavy atom. The lowest BCUT2D eigenvalue weighted by Crippen LogP contribution is -2.37. The highest BCUT2D eigenvalue weighted by molar-refractivity contribution is 5.99. The number of aryl methyl sites for hydroxylation is 1. The number of para-hydroxylation sites is 1. The maximum Gasteiger partial charge on any atom is 0.323 e. The van der Waals surface area contributed by atoms with Gasteiger partial charge in [0.05, 0.1) is 26.0 Å². The van der Waals surface area contributed by atoms with Gasteiger partial charge in [-0.1, -0.05) is 48.5 Å². The van der Waals surface area contributed by atoms with E-state index in [0.29, 0.717) is 37.7 Å². The summed E-state index contributed by atoms with van der Waals surface area (Å²) in [6.07, 6.45) is 4.66. The minimum Gasteiger partial charge on any atom is -0.463 e. The van der Waals surface area contributed by atoms with Crippen LogP contribution in [0.5, 0.6) is 6.01 Å². The highest BCUT2D eigenvalue weighted by Gasteiger charge is 2.18. The van der Waals surface area contributed by atoms with Gasteiger partial charge in [-0.3, -0.25) is 0 Å². The SMILES string of the molecule is CN(/N=C\c1cn(C)c2ccccc12)c1nc(OCCc2ccccc2)nc(N2CCOCC2)n1. The molecule has 0 spiro atoms. The van der Waals surface area contributed by atoms with Crippen molar-refractivity contribution in [2.45, 2.75) is 6.42 Å². The molecule has 1 saturated heterocycles. The third kappa shape index (κ3) is 5.41. The van der Waals surface area contributed by atoms with Crippen LogP contribution in [0.15, 0.2) is 65.9 Å². The molecule has 0 amide bonds. The number of nitrogens with zero attached hydrogens (tertiary/aromatic N) is 7. The minimum absolute atomic E-state index is 0.291. The van der Waals surface area contributed by atoms with E-state index >= 15 is 0 Å². The Bertz CT molecular complexity index is 1300. The highest BCUT2D eigenvalue weighted by Crippen LogP contribution is 2.21. The minimum atomic E-state index is 0.291. The Morgan fingerprint density at radius 2 is 1.80 bits per heavy atom. The largest absolute Gasteiger partial charge is 0.463 e. The van der Waals surface area contributed by atoms with Crippen molar-refractivity contribution in [3.8, 4) is 6.01 Å². The van der Waals surface area contributed by atoms with E-state index in [1.54, 1.807) is 5.01 Å². The smallest absolute Gasteiger partial charge is 0.323 e. The van der Waals surface area contributed by atoms with Gasteiger partial charge in [0.2, 0.25) is 5.95 Å². The molecule has 9 heteroatoms. The second-order valence-electron chi connectivity index (χ2n) is 8.38. The number of fused-ring (bicyclic) bond motifs is 1. The second kappa shape index (κ2) is 10.5. The van der Waals surface area contributed by atoms with Crippen LogP contribution < -0.4 is 14.6 Å². The van der Waals surface area contributed by atoms with Crippen molar-refractivity contribution < 1.29 is 9.47 Å². The lowest BCUT2D eigenvalue weighted by atomic mass is 10.2. The van der Waals surface area contributed by atoms with Crippen LogP contribution in [0.4, 0.5) is 11.9 Å². The molecule has 0 aliphatic carbocycles. The first-order valence-corrected chi connectivity index (χ1v) is 11.7. The van der Waals surface area contributed by atoms with E-state index < -0.39 is 0 Å².